The van der Waals surface area contributed by atoms with Gasteiger partial charge in [-0.1, -0.05) is 85.5 Å². The van der Waals surface area contributed by atoms with Gasteiger partial charge in [0.25, 0.3) is 0 Å². The van der Waals surface area contributed by atoms with Crippen LogP contribution in [0.3, 0.4) is 0 Å². The van der Waals surface area contributed by atoms with E-state index in [1.54, 1.807) is 9.79 Å². The minimum Gasteiger partial charge on any atom is -0.375 e. The Kier molecular flexibility index (Phi) is 16.2. The van der Waals surface area contributed by atoms with Crippen molar-refractivity contribution in [3.05, 3.63) is 45.3 Å². The summed E-state index contributed by atoms with van der Waals surface area (Å²) in [5.74, 6) is 7.22. The van der Waals surface area contributed by atoms with E-state index in [0.717, 1.165) is 50.4 Å². The first-order valence-corrected chi connectivity index (χ1v) is 23.8. The van der Waals surface area contributed by atoms with Crippen LogP contribution in [0, 0.1) is 10.8 Å². The van der Waals surface area contributed by atoms with Crippen LogP contribution < -0.4 is 0 Å². The zero-order valence-electron chi connectivity index (χ0n) is 31.2. The van der Waals surface area contributed by atoms with E-state index in [9.17, 15) is 0 Å². The highest BCUT2D eigenvalue weighted by molar-refractivity contribution is 9.10. The van der Waals surface area contributed by atoms with Gasteiger partial charge in [0.1, 0.15) is 0 Å². The number of hydrogen-bond acceptors (Lipinski definition) is 4. The second-order valence-electron chi connectivity index (χ2n) is 15.5. The highest BCUT2D eigenvalue weighted by Gasteiger charge is 2.39. The summed E-state index contributed by atoms with van der Waals surface area (Å²) in [6.07, 6.45) is 6.86. The monoisotopic (exact) mass is 830 g/mol. The molecule has 2 atom stereocenters. The summed E-state index contributed by atoms with van der Waals surface area (Å²) in [5, 5.41) is 0. The lowest BCUT2D eigenvalue weighted by Gasteiger charge is -2.39. The quantitative estimate of drug-likeness (QED) is 0.110. The maximum atomic E-state index is 6.39. The number of rotatable bonds is 22. The Balaban J connectivity index is 1.73. The predicted octanol–water partition coefficient (Wildman–Crippen LogP) is 13.9. The van der Waals surface area contributed by atoms with Gasteiger partial charge < -0.3 is 9.47 Å². The second-order valence-corrected chi connectivity index (χ2v) is 23.0. The molecule has 1 heterocycles. The number of halogens is 2. The first-order chi connectivity index (χ1) is 22.1. The molecule has 0 aliphatic carbocycles. The van der Waals surface area contributed by atoms with Crippen molar-refractivity contribution in [1.82, 2.24) is 0 Å². The molecule has 0 amide bonds. The predicted molar refractivity (Wildman–Crippen MR) is 222 cm³/mol. The Labute approximate surface area is 316 Å². The normalized spacial score (nSPS) is 17.5. The van der Waals surface area contributed by atoms with Crippen LogP contribution in [-0.2, 0) is 9.47 Å². The van der Waals surface area contributed by atoms with Crippen molar-refractivity contribution in [3.8, 4) is 11.1 Å². The zero-order valence-corrected chi connectivity index (χ0v) is 36.8. The first-order valence-electron chi connectivity index (χ1n) is 17.9. The Morgan fingerprint density at radius 1 is 0.596 bits per heavy atom. The summed E-state index contributed by atoms with van der Waals surface area (Å²) in [5.41, 5.74) is 3.24. The first kappa shape index (κ1) is 41.8. The van der Waals surface area contributed by atoms with Gasteiger partial charge in [-0.15, -0.1) is 0 Å². The van der Waals surface area contributed by atoms with Crippen molar-refractivity contribution in [3.63, 3.8) is 0 Å². The molecule has 0 radical (unpaired) electrons. The maximum absolute atomic E-state index is 6.39. The summed E-state index contributed by atoms with van der Waals surface area (Å²) in [4.78, 5) is 3.19. The van der Waals surface area contributed by atoms with Crippen LogP contribution in [-0.4, -0.2) is 58.9 Å². The van der Waals surface area contributed by atoms with Gasteiger partial charge in [-0.05, 0) is 135 Å². The van der Waals surface area contributed by atoms with Crippen molar-refractivity contribution in [2.75, 3.05) is 47.7 Å². The largest absolute Gasteiger partial charge is 0.375 e. The van der Waals surface area contributed by atoms with Crippen molar-refractivity contribution < 1.29 is 9.47 Å². The number of thioether (sulfide) groups is 2. The highest BCUT2D eigenvalue weighted by atomic mass is 79.9. The van der Waals surface area contributed by atoms with Gasteiger partial charge in [0, 0.05) is 30.2 Å². The third-order valence-electron chi connectivity index (χ3n) is 10.5. The molecule has 0 fully saturated rings. The minimum atomic E-state index is -1.17. The van der Waals surface area contributed by atoms with Gasteiger partial charge in [0.15, 0.2) is 0 Å². The van der Waals surface area contributed by atoms with Gasteiger partial charge in [-0.3, -0.25) is 0 Å². The molecule has 1 aliphatic rings. The van der Waals surface area contributed by atoms with Crippen LogP contribution in [0.4, 0.5) is 0 Å². The molecule has 0 spiro atoms. The van der Waals surface area contributed by atoms with Gasteiger partial charge in [-0.2, -0.15) is 33.6 Å². The lowest BCUT2D eigenvalue weighted by atomic mass is 9.91. The van der Waals surface area contributed by atoms with E-state index in [1.165, 1.54) is 55.9 Å². The molecule has 7 heteroatoms. The summed E-state index contributed by atoms with van der Waals surface area (Å²) in [7, 11) is -1.17. The third-order valence-corrected chi connectivity index (χ3v) is 18.8. The molecule has 0 saturated carbocycles. The Hall–Kier alpha value is 0.370. The molecule has 3 rings (SSSR count). The second kappa shape index (κ2) is 18.2. The van der Waals surface area contributed by atoms with Crippen molar-refractivity contribution in [2.24, 2.45) is 10.8 Å². The van der Waals surface area contributed by atoms with Crippen LogP contribution in [0.5, 0.6) is 0 Å². The number of benzene rings is 2. The van der Waals surface area contributed by atoms with Gasteiger partial charge >= 0.3 is 0 Å². The summed E-state index contributed by atoms with van der Waals surface area (Å²) in [6.45, 7) is 24.5. The fourth-order valence-electron chi connectivity index (χ4n) is 5.63. The fourth-order valence-corrected chi connectivity index (χ4v) is 14.1. The molecule has 0 bridgehead atoms. The van der Waals surface area contributed by atoms with E-state index in [-0.39, 0.29) is 22.0 Å². The van der Waals surface area contributed by atoms with Gasteiger partial charge in [0.05, 0.1) is 24.4 Å². The summed E-state index contributed by atoms with van der Waals surface area (Å²) >= 11 is 12.0. The summed E-state index contributed by atoms with van der Waals surface area (Å²) in [6, 6.07) is 14.1. The van der Waals surface area contributed by atoms with Gasteiger partial charge in [0.2, 0.25) is 0 Å². The van der Waals surface area contributed by atoms with Crippen LogP contribution >= 0.6 is 65.4 Å². The summed E-state index contributed by atoms with van der Waals surface area (Å²) < 4.78 is 15.2. The zero-order chi connectivity index (χ0) is 34.9. The highest BCUT2D eigenvalue weighted by Crippen LogP contribution is 2.72. The molecule has 1 aliphatic heterocycles. The smallest absolute Gasteiger partial charge is 0.0624 e. The molecule has 2 aromatic rings. The topological polar surface area (TPSA) is 18.5 Å². The van der Waals surface area contributed by atoms with Crippen molar-refractivity contribution >= 4 is 65.4 Å². The van der Waals surface area contributed by atoms with Crippen molar-refractivity contribution in [2.45, 2.75) is 129 Å². The molecular weight excluding hydrogens is 768 g/mol. The molecule has 268 valence electrons. The molecule has 2 nitrogen and oxygen atoms in total. The lowest BCUT2D eigenvalue weighted by molar-refractivity contribution is -0.0561. The molecule has 0 N–H and O–H groups in total. The molecule has 0 aromatic heterocycles. The SMILES string of the molecule is CCC(C)(COC(C)(C)CC)CSCCCS1(CCCSCC(C)(CC)COC(C)(C)CC)c2cc(Br)ccc2-c2ccc(Br)cc21. The molecular formula is C40H64Br2O2S3. The van der Waals surface area contributed by atoms with E-state index in [1.807, 2.05) is 0 Å². The van der Waals surface area contributed by atoms with E-state index < -0.39 is 10.0 Å². The Morgan fingerprint density at radius 3 is 1.32 bits per heavy atom. The standard InChI is InChI=1S/C40H64Br2O2S3/c1-11-37(5,6)43-27-39(9,13-3)29-45-21-15-23-47(24-16-22-46-30-40(10,14-4)28-44-38(7,8)12-2)35-25-31(41)17-19-33(35)34-20-18-32(42)26-36(34)47/h17-20,25-26H,11-16,21-24,27-30H2,1-10H3. The van der Waals surface area contributed by atoms with Crippen LogP contribution in [0.1, 0.15) is 108 Å². The van der Waals surface area contributed by atoms with Gasteiger partial charge in [-0.25, -0.2) is 0 Å². The lowest BCUT2D eigenvalue weighted by Crippen LogP contribution is -2.33. The Morgan fingerprint density at radius 2 is 0.979 bits per heavy atom. The van der Waals surface area contributed by atoms with E-state index >= 15 is 0 Å². The van der Waals surface area contributed by atoms with E-state index in [2.05, 4.69) is 161 Å². The average molecular weight is 833 g/mol. The average Bonchev–Trinajstić information content (AvgIpc) is 3.30. The van der Waals surface area contributed by atoms with Crippen LogP contribution in [0.25, 0.3) is 11.1 Å². The van der Waals surface area contributed by atoms with E-state index in [0.29, 0.717) is 0 Å². The molecule has 2 unspecified atom stereocenters. The molecule has 0 saturated heterocycles. The minimum absolute atomic E-state index is 0.0458. The number of hydrogen-bond donors (Lipinski definition) is 0. The van der Waals surface area contributed by atoms with Crippen LogP contribution in [0.15, 0.2) is 55.1 Å². The third kappa shape index (κ3) is 11.7. The van der Waals surface area contributed by atoms with Crippen LogP contribution in [0.2, 0.25) is 0 Å². The number of ether oxygens (including phenoxy) is 2. The Bertz CT molecular complexity index is 1180. The number of fused-ring (bicyclic) bond motifs is 3. The molecule has 2 aromatic carbocycles. The van der Waals surface area contributed by atoms with Crippen molar-refractivity contribution in [1.29, 1.82) is 0 Å². The molecule has 47 heavy (non-hydrogen) atoms. The fraction of sp³-hybridized carbons (Fsp3) is 0.700. The van der Waals surface area contributed by atoms with E-state index in [4.69, 9.17) is 9.47 Å². The maximum Gasteiger partial charge on any atom is 0.0624 e.